The number of nitrogens with zero attached hydrogens (tertiary/aromatic N) is 1. The molecule has 0 aromatic heterocycles. The van der Waals surface area contributed by atoms with Gasteiger partial charge < -0.3 is 9.84 Å². The summed E-state index contributed by atoms with van der Waals surface area (Å²) in [4.78, 5) is 0. The van der Waals surface area contributed by atoms with Crippen LogP contribution in [0.25, 0.3) is 0 Å². The summed E-state index contributed by atoms with van der Waals surface area (Å²) in [7, 11) is 0. The maximum absolute atomic E-state index is 11.9. The predicted molar refractivity (Wildman–Crippen MR) is 57.5 cm³/mol. The monoisotopic (exact) mass is 259 g/mol. The summed E-state index contributed by atoms with van der Waals surface area (Å²) in [6.07, 6.45) is -5.83. The van der Waals surface area contributed by atoms with Gasteiger partial charge in [-0.25, -0.2) is 0 Å². The molecule has 1 aromatic carbocycles. The highest BCUT2D eigenvalue weighted by atomic mass is 19.4. The number of nitriles is 1. The SMILES string of the molecule is CC(C)(C#N)C(O)c1ccc(OC(F)(F)F)cc1. The number of aliphatic hydroxyl groups excluding tert-OH is 1. The third kappa shape index (κ3) is 3.64. The smallest absolute Gasteiger partial charge is 0.406 e. The van der Waals surface area contributed by atoms with E-state index in [0.29, 0.717) is 5.56 Å². The second kappa shape index (κ2) is 4.86. The number of alkyl halides is 3. The minimum absolute atomic E-state index is 0.357. The van der Waals surface area contributed by atoms with Crippen LogP contribution in [0.4, 0.5) is 13.2 Å². The van der Waals surface area contributed by atoms with E-state index in [1.165, 1.54) is 26.0 Å². The van der Waals surface area contributed by atoms with Crippen LogP contribution in [0.3, 0.4) is 0 Å². The molecule has 0 spiro atoms. The zero-order valence-corrected chi connectivity index (χ0v) is 9.82. The van der Waals surface area contributed by atoms with Gasteiger partial charge in [-0.3, -0.25) is 0 Å². The van der Waals surface area contributed by atoms with Gasteiger partial charge in [-0.1, -0.05) is 12.1 Å². The molecule has 1 N–H and O–H groups in total. The molecule has 18 heavy (non-hydrogen) atoms. The zero-order valence-electron chi connectivity index (χ0n) is 9.82. The molecule has 0 aliphatic heterocycles. The van der Waals surface area contributed by atoms with Crippen molar-refractivity contribution in [2.24, 2.45) is 5.41 Å². The van der Waals surface area contributed by atoms with Gasteiger partial charge in [0.05, 0.1) is 17.6 Å². The van der Waals surface area contributed by atoms with Gasteiger partial charge in [0.25, 0.3) is 0 Å². The minimum Gasteiger partial charge on any atom is -0.406 e. The standard InChI is InChI=1S/C12H12F3NO2/c1-11(2,7-16)10(17)8-3-5-9(6-4-8)18-12(13,14)15/h3-6,10,17H,1-2H3. The Morgan fingerprint density at radius 3 is 2.11 bits per heavy atom. The van der Waals surface area contributed by atoms with E-state index in [1.54, 1.807) is 0 Å². The molecule has 0 radical (unpaired) electrons. The predicted octanol–water partition coefficient (Wildman–Crippen LogP) is 3.17. The van der Waals surface area contributed by atoms with Crippen LogP contribution in [0, 0.1) is 16.7 Å². The van der Waals surface area contributed by atoms with Crippen molar-refractivity contribution >= 4 is 0 Å². The number of hydrogen-bond donors (Lipinski definition) is 1. The van der Waals surface area contributed by atoms with E-state index in [9.17, 15) is 18.3 Å². The molecular weight excluding hydrogens is 247 g/mol. The van der Waals surface area contributed by atoms with Crippen LogP contribution in [0.2, 0.25) is 0 Å². The van der Waals surface area contributed by atoms with Crippen molar-refractivity contribution in [3.05, 3.63) is 29.8 Å². The molecule has 1 atom stereocenters. The van der Waals surface area contributed by atoms with Crippen molar-refractivity contribution in [1.82, 2.24) is 0 Å². The maximum Gasteiger partial charge on any atom is 0.573 e. The average Bonchev–Trinajstić information content (AvgIpc) is 2.27. The van der Waals surface area contributed by atoms with Gasteiger partial charge in [0.15, 0.2) is 0 Å². The summed E-state index contributed by atoms with van der Waals surface area (Å²) in [6, 6.07) is 6.72. The van der Waals surface area contributed by atoms with Gasteiger partial charge >= 0.3 is 6.36 Å². The summed E-state index contributed by atoms with van der Waals surface area (Å²) in [5.41, 5.74) is -0.664. The van der Waals surface area contributed by atoms with Gasteiger partial charge in [0, 0.05) is 0 Å². The molecule has 98 valence electrons. The molecule has 0 saturated heterocycles. The molecule has 1 unspecified atom stereocenters. The first-order valence-electron chi connectivity index (χ1n) is 5.11. The maximum atomic E-state index is 11.9. The van der Waals surface area contributed by atoms with Crippen LogP contribution in [-0.2, 0) is 0 Å². The highest BCUT2D eigenvalue weighted by molar-refractivity contribution is 5.30. The van der Waals surface area contributed by atoms with Crippen molar-refractivity contribution in [2.75, 3.05) is 0 Å². The van der Waals surface area contributed by atoms with Gasteiger partial charge in [0.2, 0.25) is 0 Å². The quantitative estimate of drug-likeness (QED) is 0.907. The third-order valence-electron chi connectivity index (χ3n) is 2.40. The topological polar surface area (TPSA) is 53.2 Å². The first kappa shape index (κ1) is 14.3. The van der Waals surface area contributed by atoms with Crippen LogP contribution in [0.15, 0.2) is 24.3 Å². The van der Waals surface area contributed by atoms with Crippen molar-refractivity contribution in [1.29, 1.82) is 5.26 Å². The van der Waals surface area contributed by atoms with Crippen molar-refractivity contribution in [3.63, 3.8) is 0 Å². The Hall–Kier alpha value is -1.74. The lowest BCUT2D eigenvalue weighted by atomic mass is 9.84. The highest BCUT2D eigenvalue weighted by Crippen LogP contribution is 2.33. The lowest BCUT2D eigenvalue weighted by Gasteiger charge is -2.23. The number of rotatable bonds is 3. The molecule has 0 fully saturated rings. The molecule has 3 nitrogen and oxygen atoms in total. The summed E-state index contributed by atoms with van der Waals surface area (Å²) in [5, 5.41) is 18.7. The molecule has 0 amide bonds. The van der Waals surface area contributed by atoms with E-state index in [4.69, 9.17) is 5.26 Å². The third-order valence-corrected chi connectivity index (χ3v) is 2.40. The van der Waals surface area contributed by atoms with Gasteiger partial charge in [0.1, 0.15) is 5.75 Å². The Morgan fingerprint density at radius 2 is 1.72 bits per heavy atom. The Bertz CT molecular complexity index is 446. The Morgan fingerprint density at radius 1 is 1.22 bits per heavy atom. The van der Waals surface area contributed by atoms with Crippen molar-refractivity contribution in [3.8, 4) is 11.8 Å². The highest BCUT2D eigenvalue weighted by Gasteiger charge is 2.32. The number of benzene rings is 1. The van der Waals surface area contributed by atoms with E-state index >= 15 is 0 Å². The zero-order chi connectivity index (χ0) is 14.0. The number of ether oxygens (including phenoxy) is 1. The lowest BCUT2D eigenvalue weighted by molar-refractivity contribution is -0.274. The second-order valence-corrected chi connectivity index (χ2v) is 4.35. The molecule has 1 rings (SSSR count). The molecule has 0 aliphatic rings. The number of halogens is 3. The number of hydrogen-bond acceptors (Lipinski definition) is 3. The van der Waals surface area contributed by atoms with E-state index in [1.807, 2.05) is 6.07 Å². The van der Waals surface area contributed by atoms with Gasteiger partial charge in [-0.05, 0) is 31.5 Å². The summed E-state index contributed by atoms with van der Waals surface area (Å²) < 4.78 is 39.5. The fraction of sp³-hybridized carbons (Fsp3) is 0.417. The largest absolute Gasteiger partial charge is 0.573 e. The first-order valence-corrected chi connectivity index (χ1v) is 5.11. The fourth-order valence-electron chi connectivity index (χ4n) is 1.33. The van der Waals surface area contributed by atoms with E-state index in [2.05, 4.69) is 4.74 Å². The summed E-state index contributed by atoms with van der Waals surface area (Å²) in [6.45, 7) is 3.08. The average molecular weight is 259 g/mol. The van der Waals surface area contributed by atoms with Crippen LogP contribution >= 0.6 is 0 Å². The molecule has 0 heterocycles. The Labute approximate surface area is 102 Å². The van der Waals surface area contributed by atoms with E-state index < -0.39 is 17.9 Å². The summed E-state index contributed by atoms with van der Waals surface area (Å²) in [5.74, 6) is -0.367. The van der Waals surface area contributed by atoms with Gasteiger partial charge in [-0.15, -0.1) is 13.2 Å². The molecule has 0 bridgehead atoms. The molecular formula is C12H12F3NO2. The van der Waals surface area contributed by atoms with E-state index in [0.717, 1.165) is 12.1 Å². The number of aliphatic hydroxyl groups is 1. The first-order chi connectivity index (χ1) is 8.15. The normalized spacial score (nSPS) is 13.8. The second-order valence-electron chi connectivity index (χ2n) is 4.35. The lowest BCUT2D eigenvalue weighted by Crippen LogP contribution is -2.20. The molecule has 0 aliphatic carbocycles. The van der Waals surface area contributed by atoms with Crippen LogP contribution in [0.5, 0.6) is 5.75 Å². The van der Waals surface area contributed by atoms with Gasteiger partial charge in [-0.2, -0.15) is 5.26 Å². The molecule has 6 heteroatoms. The van der Waals surface area contributed by atoms with Crippen LogP contribution in [-0.4, -0.2) is 11.5 Å². The van der Waals surface area contributed by atoms with Crippen molar-refractivity contribution in [2.45, 2.75) is 26.3 Å². The Kier molecular flexibility index (Phi) is 3.87. The fourth-order valence-corrected chi connectivity index (χ4v) is 1.33. The molecule has 1 aromatic rings. The summed E-state index contributed by atoms with van der Waals surface area (Å²) >= 11 is 0. The Balaban J connectivity index is 2.87. The van der Waals surface area contributed by atoms with E-state index in [-0.39, 0.29) is 5.75 Å². The molecule has 0 saturated carbocycles. The van der Waals surface area contributed by atoms with Crippen LogP contribution in [0.1, 0.15) is 25.5 Å². The van der Waals surface area contributed by atoms with Crippen molar-refractivity contribution < 1.29 is 23.0 Å². The van der Waals surface area contributed by atoms with Crippen LogP contribution < -0.4 is 4.74 Å². The minimum atomic E-state index is -4.74.